The molecule has 0 aromatic carbocycles. The Kier molecular flexibility index (Phi) is 3.76. The molecule has 1 fully saturated rings. The first kappa shape index (κ1) is 13.5. The number of halogens is 3. The van der Waals surface area contributed by atoms with Crippen LogP contribution in [0.4, 0.5) is 18.3 Å². The molecule has 2 unspecified atom stereocenters. The summed E-state index contributed by atoms with van der Waals surface area (Å²) < 4.78 is 37.4. The SMILES string of the molecule is CC1CCN(c2nnc(C(F)(F)F)s2)C(CN)C1. The average Bonchev–Trinajstić information content (AvgIpc) is 2.77. The van der Waals surface area contributed by atoms with Crippen LogP contribution in [0.15, 0.2) is 0 Å². The topological polar surface area (TPSA) is 55.0 Å². The van der Waals surface area contributed by atoms with Gasteiger partial charge in [-0.1, -0.05) is 18.3 Å². The molecule has 0 aliphatic carbocycles. The quantitative estimate of drug-likeness (QED) is 0.901. The van der Waals surface area contributed by atoms with E-state index in [0.717, 1.165) is 12.8 Å². The highest BCUT2D eigenvalue weighted by Crippen LogP contribution is 2.36. The van der Waals surface area contributed by atoms with Crippen LogP contribution < -0.4 is 10.6 Å². The van der Waals surface area contributed by atoms with E-state index in [-0.39, 0.29) is 6.04 Å². The predicted octanol–water partition coefficient (Wildman–Crippen LogP) is 2.12. The minimum absolute atomic E-state index is 0.0581. The van der Waals surface area contributed by atoms with Gasteiger partial charge in [0.05, 0.1) is 0 Å². The van der Waals surface area contributed by atoms with Gasteiger partial charge in [0.25, 0.3) is 0 Å². The fraction of sp³-hybridized carbons (Fsp3) is 0.800. The fourth-order valence-corrected chi connectivity index (χ4v) is 2.98. The van der Waals surface area contributed by atoms with Crippen molar-refractivity contribution in [1.29, 1.82) is 0 Å². The Morgan fingerprint density at radius 3 is 2.72 bits per heavy atom. The first-order valence-corrected chi connectivity index (χ1v) is 6.61. The summed E-state index contributed by atoms with van der Waals surface area (Å²) in [6, 6.07) is 0.0581. The number of alkyl halides is 3. The molecule has 0 spiro atoms. The first-order valence-electron chi connectivity index (χ1n) is 5.79. The van der Waals surface area contributed by atoms with Gasteiger partial charge in [0, 0.05) is 19.1 Å². The van der Waals surface area contributed by atoms with Crippen LogP contribution >= 0.6 is 11.3 Å². The zero-order valence-corrected chi connectivity index (χ0v) is 10.8. The van der Waals surface area contributed by atoms with Gasteiger partial charge in [-0.05, 0) is 18.8 Å². The molecule has 0 saturated carbocycles. The third kappa shape index (κ3) is 2.74. The molecule has 0 radical (unpaired) electrons. The molecule has 1 aliphatic heterocycles. The van der Waals surface area contributed by atoms with Gasteiger partial charge in [0.15, 0.2) is 0 Å². The number of hydrogen-bond donors (Lipinski definition) is 1. The van der Waals surface area contributed by atoms with E-state index in [9.17, 15) is 13.2 Å². The van der Waals surface area contributed by atoms with E-state index in [4.69, 9.17) is 5.73 Å². The summed E-state index contributed by atoms with van der Waals surface area (Å²) in [5.74, 6) is 0.546. The molecule has 1 aliphatic rings. The number of nitrogens with two attached hydrogens (primary N) is 1. The highest BCUT2D eigenvalue weighted by Gasteiger charge is 2.37. The second kappa shape index (κ2) is 5.00. The van der Waals surface area contributed by atoms with E-state index in [1.807, 2.05) is 4.90 Å². The van der Waals surface area contributed by atoms with Gasteiger partial charge >= 0.3 is 6.18 Å². The molecule has 1 saturated heterocycles. The van der Waals surface area contributed by atoms with E-state index in [1.54, 1.807) is 0 Å². The lowest BCUT2D eigenvalue weighted by Crippen LogP contribution is -2.46. The van der Waals surface area contributed by atoms with Gasteiger partial charge in [-0.3, -0.25) is 0 Å². The summed E-state index contributed by atoms with van der Waals surface area (Å²) in [6.45, 7) is 3.24. The van der Waals surface area contributed by atoms with E-state index >= 15 is 0 Å². The number of nitrogens with zero attached hydrogens (tertiary/aromatic N) is 3. The fourth-order valence-electron chi connectivity index (χ4n) is 2.17. The molecule has 0 amide bonds. The number of hydrogen-bond acceptors (Lipinski definition) is 5. The highest BCUT2D eigenvalue weighted by atomic mass is 32.1. The van der Waals surface area contributed by atoms with Crippen molar-refractivity contribution in [3.63, 3.8) is 0 Å². The molecule has 4 nitrogen and oxygen atoms in total. The number of piperidine rings is 1. The first-order chi connectivity index (χ1) is 8.41. The maximum Gasteiger partial charge on any atom is 0.445 e. The normalized spacial score (nSPS) is 25.5. The number of rotatable bonds is 2. The summed E-state index contributed by atoms with van der Waals surface area (Å²) in [4.78, 5) is 1.85. The lowest BCUT2D eigenvalue weighted by molar-refractivity contribution is -0.138. The van der Waals surface area contributed by atoms with Crippen molar-refractivity contribution < 1.29 is 13.2 Å². The Morgan fingerprint density at radius 2 is 2.17 bits per heavy atom. The van der Waals surface area contributed by atoms with Gasteiger partial charge in [0.1, 0.15) is 0 Å². The van der Waals surface area contributed by atoms with Crippen LogP contribution in [0.3, 0.4) is 0 Å². The monoisotopic (exact) mass is 280 g/mol. The van der Waals surface area contributed by atoms with Crippen LogP contribution in [0, 0.1) is 5.92 Å². The molecule has 1 aromatic rings. The van der Waals surface area contributed by atoms with Crippen molar-refractivity contribution in [1.82, 2.24) is 10.2 Å². The Balaban J connectivity index is 2.17. The summed E-state index contributed by atoms with van der Waals surface area (Å²) >= 11 is 0.590. The van der Waals surface area contributed by atoms with Crippen LogP contribution in [0.25, 0.3) is 0 Å². The second-order valence-electron chi connectivity index (χ2n) is 4.60. The number of anilines is 1. The molecular formula is C10H15F3N4S. The summed E-state index contributed by atoms with van der Waals surface area (Å²) in [5, 5.41) is 6.29. The highest BCUT2D eigenvalue weighted by molar-refractivity contribution is 7.15. The van der Waals surface area contributed by atoms with Crippen molar-refractivity contribution in [2.45, 2.75) is 32.0 Å². The molecule has 102 valence electrons. The standard InChI is InChI=1S/C10H15F3N4S/c1-6-2-3-17(7(4-6)5-14)9-16-15-8(18-9)10(11,12)13/h6-7H,2-5,14H2,1H3. The average molecular weight is 280 g/mol. The zero-order valence-electron chi connectivity index (χ0n) is 9.94. The molecule has 0 bridgehead atoms. The Bertz CT molecular complexity index is 406. The van der Waals surface area contributed by atoms with Gasteiger partial charge in [0.2, 0.25) is 10.1 Å². The van der Waals surface area contributed by atoms with Crippen molar-refractivity contribution in [3.8, 4) is 0 Å². The zero-order chi connectivity index (χ0) is 13.3. The Labute approximate surface area is 107 Å². The van der Waals surface area contributed by atoms with E-state index in [2.05, 4.69) is 17.1 Å². The Hall–Kier alpha value is -0.890. The number of aromatic nitrogens is 2. The Morgan fingerprint density at radius 1 is 1.44 bits per heavy atom. The largest absolute Gasteiger partial charge is 0.445 e. The lowest BCUT2D eigenvalue weighted by atomic mass is 9.93. The van der Waals surface area contributed by atoms with E-state index in [1.165, 1.54) is 0 Å². The maximum atomic E-state index is 12.5. The van der Waals surface area contributed by atoms with Crippen molar-refractivity contribution in [2.24, 2.45) is 11.7 Å². The summed E-state index contributed by atoms with van der Waals surface area (Å²) in [6.07, 6.45) is -2.59. The minimum Gasteiger partial charge on any atom is -0.342 e. The lowest BCUT2D eigenvalue weighted by Gasteiger charge is -2.37. The molecule has 18 heavy (non-hydrogen) atoms. The molecule has 1 aromatic heterocycles. The van der Waals surface area contributed by atoms with E-state index in [0.29, 0.717) is 35.5 Å². The van der Waals surface area contributed by atoms with Crippen LogP contribution in [-0.4, -0.2) is 29.3 Å². The van der Waals surface area contributed by atoms with Crippen LogP contribution in [0.1, 0.15) is 24.8 Å². The van der Waals surface area contributed by atoms with Crippen molar-refractivity contribution in [3.05, 3.63) is 5.01 Å². The minimum atomic E-state index is -4.42. The smallest absolute Gasteiger partial charge is 0.342 e. The second-order valence-corrected chi connectivity index (χ2v) is 5.56. The molecule has 2 rings (SSSR count). The molecular weight excluding hydrogens is 265 g/mol. The summed E-state index contributed by atoms with van der Waals surface area (Å²) in [7, 11) is 0. The predicted molar refractivity (Wildman–Crippen MR) is 63.5 cm³/mol. The van der Waals surface area contributed by atoms with Gasteiger partial charge < -0.3 is 10.6 Å². The van der Waals surface area contributed by atoms with Crippen LogP contribution in [0.5, 0.6) is 0 Å². The molecule has 2 heterocycles. The third-order valence-corrected chi connectivity index (χ3v) is 4.16. The summed E-state index contributed by atoms with van der Waals surface area (Å²) in [5.41, 5.74) is 5.68. The molecule has 2 atom stereocenters. The van der Waals surface area contributed by atoms with Crippen LogP contribution in [-0.2, 0) is 6.18 Å². The van der Waals surface area contributed by atoms with E-state index < -0.39 is 11.2 Å². The van der Waals surface area contributed by atoms with Crippen molar-refractivity contribution in [2.75, 3.05) is 18.0 Å². The molecule has 8 heteroatoms. The van der Waals surface area contributed by atoms with Gasteiger partial charge in [-0.25, -0.2) is 0 Å². The molecule has 2 N–H and O–H groups in total. The van der Waals surface area contributed by atoms with Crippen molar-refractivity contribution >= 4 is 16.5 Å². The third-order valence-electron chi connectivity index (χ3n) is 3.15. The van der Waals surface area contributed by atoms with Crippen LogP contribution in [0.2, 0.25) is 0 Å². The van der Waals surface area contributed by atoms with Gasteiger partial charge in [-0.15, -0.1) is 10.2 Å². The maximum absolute atomic E-state index is 12.5. The van der Waals surface area contributed by atoms with Gasteiger partial charge in [-0.2, -0.15) is 13.2 Å².